The summed E-state index contributed by atoms with van der Waals surface area (Å²) in [4.78, 5) is 0. The number of ether oxygens (including phenoxy) is 1. The molecule has 2 aliphatic rings. The Hall–Kier alpha value is -0.940. The third kappa shape index (κ3) is 2.27. The molecule has 2 atom stereocenters. The molecule has 3 nitrogen and oxygen atoms in total. The average Bonchev–Trinajstić information content (AvgIpc) is 2.41. The molecule has 2 fully saturated rings. The minimum Gasteiger partial charge on any atom is -0.494 e. The first-order valence-electron chi connectivity index (χ1n) is 6.99. The molecular weight excluding hydrogens is 279 g/mol. The summed E-state index contributed by atoms with van der Waals surface area (Å²) in [5.74, 6) is -0.285. The first-order chi connectivity index (χ1) is 9.53. The van der Waals surface area contributed by atoms with Crippen molar-refractivity contribution in [2.24, 2.45) is 0 Å². The SMILES string of the molecule is COc1cc(C2(O)CC3CCCC(C2)S3=O)ccc1F. The number of rotatable bonds is 2. The van der Waals surface area contributed by atoms with Crippen LogP contribution in [0, 0.1) is 5.82 Å². The molecule has 0 amide bonds. The standard InChI is InChI=1S/C15H19FO3S/c1-19-14-7-10(5-6-13(14)16)15(17)8-11-3-2-4-12(9-15)20(11)18/h5-7,11-12,17H,2-4,8-9H2,1H3. The van der Waals surface area contributed by atoms with Crippen molar-refractivity contribution in [1.29, 1.82) is 0 Å². The van der Waals surface area contributed by atoms with E-state index in [2.05, 4.69) is 0 Å². The van der Waals surface area contributed by atoms with E-state index in [-0.39, 0.29) is 16.2 Å². The van der Waals surface area contributed by atoms with E-state index in [9.17, 15) is 13.7 Å². The van der Waals surface area contributed by atoms with Crippen molar-refractivity contribution in [1.82, 2.24) is 0 Å². The van der Waals surface area contributed by atoms with Crippen LogP contribution in [-0.2, 0) is 16.4 Å². The molecule has 5 heteroatoms. The highest BCUT2D eigenvalue weighted by atomic mass is 32.2. The molecule has 2 saturated heterocycles. The topological polar surface area (TPSA) is 46.5 Å². The lowest BCUT2D eigenvalue weighted by Gasteiger charge is -2.43. The van der Waals surface area contributed by atoms with Crippen LogP contribution in [0.25, 0.3) is 0 Å². The van der Waals surface area contributed by atoms with E-state index < -0.39 is 22.2 Å². The molecule has 0 aromatic heterocycles. The van der Waals surface area contributed by atoms with Gasteiger partial charge in [0.2, 0.25) is 0 Å². The van der Waals surface area contributed by atoms with Crippen LogP contribution >= 0.6 is 0 Å². The highest BCUT2D eigenvalue weighted by molar-refractivity contribution is 7.86. The van der Waals surface area contributed by atoms with E-state index in [4.69, 9.17) is 4.74 Å². The molecule has 110 valence electrons. The smallest absolute Gasteiger partial charge is 0.165 e. The number of halogens is 1. The number of methoxy groups -OCH3 is 1. The molecule has 3 rings (SSSR count). The monoisotopic (exact) mass is 298 g/mol. The fourth-order valence-corrected chi connectivity index (χ4v) is 5.69. The third-order valence-corrected chi connectivity index (χ3v) is 6.65. The Morgan fingerprint density at radius 2 is 2.00 bits per heavy atom. The van der Waals surface area contributed by atoms with Crippen molar-refractivity contribution < 1.29 is 18.4 Å². The van der Waals surface area contributed by atoms with Crippen molar-refractivity contribution in [3.05, 3.63) is 29.6 Å². The van der Waals surface area contributed by atoms with E-state index in [0.717, 1.165) is 19.3 Å². The highest BCUT2D eigenvalue weighted by Crippen LogP contribution is 2.45. The molecule has 2 aliphatic heterocycles. The molecule has 2 unspecified atom stereocenters. The predicted molar refractivity (Wildman–Crippen MR) is 75.7 cm³/mol. The molecular formula is C15H19FO3S. The molecule has 0 radical (unpaired) electrons. The van der Waals surface area contributed by atoms with Gasteiger partial charge >= 0.3 is 0 Å². The molecule has 0 aliphatic carbocycles. The minimum atomic E-state index is -1.01. The van der Waals surface area contributed by atoms with Crippen molar-refractivity contribution in [3.63, 3.8) is 0 Å². The van der Waals surface area contributed by atoms with E-state index in [0.29, 0.717) is 18.4 Å². The summed E-state index contributed by atoms with van der Waals surface area (Å²) in [5, 5.41) is 11.1. The van der Waals surface area contributed by atoms with Gasteiger partial charge in [-0.05, 0) is 43.4 Å². The zero-order chi connectivity index (χ0) is 14.3. The van der Waals surface area contributed by atoms with Crippen LogP contribution in [0.5, 0.6) is 5.75 Å². The van der Waals surface area contributed by atoms with E-state index in [1.807, 2.05) is 0 Å². The Labute approximate surface area is 120 Å². The maximum atomic E-state index is 13.5. The van der Waals surface area contributed by atoms with Gasteiger partial charge in [-0.1, -0.05) is 12.5 Å². The van der Waals surface area contributed by atoms with Gasteiger partial charge in [0.15, 0.2) is 11.6 Å². The first kappa shape index (κ1) is 14.0. The normalized spacial score (nSPS) is 36.6. The Balaban J connectivity index is 1.94. The van der Waals surface area contributed by atoms with Gasteiger partial charge in [-0.15, -0.1) is 0 Å². The second-order valence-electron chi connectivity index (χ2n) is 5.79. The van der Waals surface area contributed by atoms with Crippen molar-refractivity contribution in [2.45, 2.75) is 48.2 Å². The summed E-state index contributed by atoms with van der Waals surface area (Å²) in [5.41, 5.74) is -0.339. The predicted octanol–water partition coefficient (Wildman–Crippen LogP) is 2.49. The van der Waals surface area contributed by atoms with Crippen molar-refractivity contribution in [3.8, 4) is 5.75 Å². The van der Waals surface area contributed by atoms with Gasteiger partial charge in [0, 0.05) is 21.3 Å². The molecule has 1 aromatic carbocycles. The van der Waals surface area contributed by atoms with Gasteiger partial charge in [0.25, 0.3) is 0 Å². The maximum Gasteiger partial charge on any atom is 0.165 e. The zero-order valence-electron chi connectivity index (χ0n) is 11.5. The molecule has 2 heterocycles. The van der Waals surface area contributed by atoms with E-state index in [1.54, 1.807) is 12.1 Å². The van der Waals surface area contributed by atoms with Crippen LogP contribution < -0.4 is 4.74 Å². The molecule has 0 saturated carbocycles. The molecule has 0 spiro atoms. The van der Waals surface area contributed by atoms with Crippen LogP contribution in [0.3, 0.4) is 0 Å². The molecule has 1 N–H and O–H groups in total. The Morgan fingerprint density at radius 3 is 2.60 bits per heavy atom. The lowest BCUT2D eigenvalue weighted by Crippen LogP contribution is -2.47. The van der Waals surface area contributed by atoms with Crippen molar-refractivity contribution >= 4 is 10.8 Å². The van der Waals surface area contributed by atoms with Gasteiger partial charge < -0.3 is 9.84 Å². The maximum absolute atomic E-state index is 13.5. The third-order valence-electron chi connectivity index (χ3n) is 4.53. The van der Waals surface area contributed by atoms with Gasteiger partial charge in [0.1, 0.15) is 0 Å². The summed E-state index contributed by atoms with van der Waals surface area (Å²) in [6.45, 7) is 0. The number of fused-ring (bicyclic) bond motifs is 2. The summed E-state index contributed by atoms with van der Waals surface area (Å²) in [6, 6.07) is 4.51. The molecule has 2 bridgehead atoms. The summed E-state index contributed by atoms with van der Waals surface area (Å²) < 4.78 is 30.7. The van der Waals surface area contributed by atoms with E-state index >= 15 is 0 Å². The first-order valence-corrected chi connectivity index (χ1v) is 8.27. The second-order valence-corrected chi connectivity index (χ2v) is 7.78. The largest absolute Gasteiger partial charge is 0.494 e. The van der Waals surface area contributed by atoms with Gasteiger partial charge in [0.05, 0.1) is 12.7 Å². The Kier molecular flexibility index (Phi) is 3.58. The number of aliphatic hydroxyl groups is 1. The summed E-state index contributed by atoms with van der Waals surface area (Å²) >= 11 is 0. The highest BCUT2D eigenvalue weighted by Gasteiger charge is 2.46. The summed E-state index contributed by atoms with van der Waals surface area (Å²) in [6.07, 6.45) is 3.88. The van der Waals surface area contributed by atoms with Crippen LogP contribution in [0.15, 0.2) is 18.2 Å². The molecule has 1 aromatic rings. The van der Waals surface area contributed by atoms with Crippen LogP contribution in [-0.4, -0.2) is 26.9 Å². The number of benzene rings is 1. The lowest BCUT2D eigenvalue weighted by atomic mass is 9.80. The quantitative estimate of drug-likeness (QED) is 0.912. The second kappa shape index (κ2) is 5.11. The van der Waals surface area contributed by atoms with Crippen molar-refractivity contribution in [2.75, 3.05) is 7.11 Å². The number of hydrogen-bond acceptors (Lipinski definition) is 3. The fraction of sp³-hybridized carbons (Fsp3) is 0.600. The van der Waals surface area contributed by atoms with Crippen LogP contribution in [0.2, 0.25) is 0 Å². The number of hydrogen-bond donors (Lipinski definition) is 1. The van der Waals surface area contributed by atoms with Gasteiger partial charge in [-0.2, -0.15) is 0 Å². The van der Waals surface area contributed by atoms with E-state index in [1.165, 1.54) is 13.2 Å². The Morgan fingerprint density at radius 1 is 1.35 bits per heavy atom. The fourth-order valence-electron chi connectivity index (χ4n) is 3.47. The minimum absolute atomic E-state index is 0.0588. The summed E-state index contributed by atoms with van der Waals surface area (Å²) in [7, 11) is 0.580. The van der Waals surface area contributed by atoms with Gasteiger partial charge in [-0.3, -0.25) is 4.21 Å². The van der Waals surface area contributed by atoms with Crippen LogP contribution in [0.4, 0.5) is 4.39 Å². The molecule has 20 heavy (non-hydrogen) atoms. The van der Waals surface area contributed by atoms with Crippen LogP contribution in [0.1, 0.15) is 37.7 Å². The average molecular weight is 298 g/mol. The lowest BCUT2D eigenvalue weighted by molar-refractivity contribution is 0.00630. The van der Waals surface area contributed by atoms with Gasteiger partial charge in [-0.25, -0.2) is 4.39 Å². The Bertz CT molecular complexity index is 530. The zero-order valence-corrected chi connectivity index (χ0v) is 12.3.